The summed E-state index contributed by atoms with van der Waals surface area (Å²) in [6.45, 7) is 9.01. The van der Waals surface area contributed by atoms with E-state index < -0.39 is 8.32 Å². The smallest absolute Gasteiger partial charge is 0.205 e. The Bertz CT molecular complexity index is 118. The molecule has 0 rings (SSSR count). The van der Waals surface area contributed by atoms with E-state index in [2.05, 4.69) is 26.1 Å². The van der Waals surface area contributed by atoms with Crippen LogP contribution in [0.4, 0.5) is 0 Å². The Morgan fingerprint density at radius 1 is 1.23 bits per heavy atom. The van der Waals surface area contributed by atoms with Gasteiger partial charge in [0.25, 0.3) is 0 Å². The Kier molecular flexibility index (Phi) is 7.55. The van der Waals surface area contributed by atoms with Gasteiger partial charge in [-0.05, 0) is 19.0 Å². The SMILES string of the molecule is CCO[Si](CC)(CC)CNCCN. The molecule has 0 bridgehead atoms. The van der Waals surface area contributed by atoms with Gasteiger partial charge in [-0.15, -0.1) is 0 Å². The van der Waals surface area contributed by atoms with Gasteiger partial charge in [0.2, 0.25) is 8.32 Å². The van der Waals surface area contributed by atoms with Gasteiger partial charge in [-0.2, -0.15) is 0 Å². The van der Waals surface area contributed by atoms with Crippen LogP contribution in [0, 0.1) is 0 Å². The molecule has 3 nitrogen and oxygen atoms in total. The second-order valence-corrected chi connectivity index (χ2v) is 7.71. The first-order valence-electron chi connectivity index (χ1n) is 5.29. The fraction of sp³-hybridized carbons (Fsp3) is 1.00. The molecule has 0 fully saturated rings. The second kappa shape index (κ2) is 7.50. The van der Waals surface area contributed by atoms with E-state index in [1.54, 1.807) is 0 Å². The molecular formula is C9H24N2OSi. The molecule has 4 heteroatoms. The minimum atomic E-state index is -1.45. The van der Waals surface area contributed by atoms with Gasteiger partial charge in [-0.3, -0.25) is 0 Å². The van der Waals surface area contributed by atoms with Crippen molar-refractivity contribution in [3.05, 3.63) is 0 Å². The van der Waals surface area contributed by atoms with E-state index in [4.69, 9.17) is 10.2 Å². The monoisotopic (exact) mass is 204 g/mol. The molecule has 0 aromatic carbocycles. The van der Waals surface area contributed by atoms with Crippen LogP contribution in [-0.4, -0.2) is 34.2 Å². The Balaban J connectivity index is 3.89. The van der Waals surface area contributed by atoms with Crippen LogP contribution in [0.1, 0.15) is 20.8 Å². The van der Waals surface area contributed by atoms with E-state index >= 15 is 0 Å². The first-order valence-corrected chi connectivity index (χ1v) is 7.82. The third-order valence-electron chi connectivity index (χ3n) is 2.51. The van der Waals surface area contributed by atoms with Crippen molar-refractivity contribution in [3.63, 3.8) is 0 Å². The summed E-state index contributed by atoms with van der Waals surface area (Å²) in [5.74, 6) is 0. The lowest BCUT2D eigenvalue weighted by Crippen LogP contribution is -2.48. The second-order valence-electron chi connectivity index (χ2n) is 3.29. The summed E-state index contributed by atoms with van der Waals surface area (Å²) in [5, 5.41) is 3.37. The number of hydrogen-bond acceptors (Lipinski definition) is 3. The molecule has 0 heterocycles. The fourth-order valence-electron chi connectivity index (χ4n) is 1.48. The van der Waals surface area contributed by atoms with Crippen molar-refractivity contribution in [1.82, 2.24) is 5.32 Å². The predicted molar refractivity (Wildman–Crippen MR) is 60.3 cm³/mol. The first kappa shape index (κ1) is 13.1. The molecule has 13 heavy (non-hydrogen) atoms. The van der Waals surface area contributed by atoms with E-state index in [0.29, 0.717) is 6.54 Å². The van der Waals surface area contributed by atoms with E-state index in [1.807, 2.05) is 0 Å². The topological polar surface area (TPSA) is 47.3 Å². The quantitative estimate of drug-likeness (QED) is 0.460. The first-order chi connectivity index (χ1) is 6.24. The number of rotatable bonds is 8. The van der Waals surface area contributed by atoms with Crippen molar-refractivity contribution in [3.8, 4) is 0 Å². The van der Waals surface area contributed by atoms with Crippen LogP contribution in [0.15, 0.2) is 0 Å². The molecule has 0 aliphatic carbocycles. The maximum absolute atomic E-state index is 5.91. The maximum Gasteiger partial charge on any atom is 0.205 e. The third-order valence-corrected chi connectivity index (χ3v) is 6.88. The zero-order valence-electron chi connectivity index (χ0n) is 9.23. The van der Waals surface area contributed by atoms with Crippen molar-refractivity contribution >= 4 is 8.32 Å². The normalized spacial score (nSPS) is 12.0. The minimum absolute atomic E-state index is 0.712. The van der Waals surface area contributed by atoms with Crippen molar-refractivity contribution < 1.29 is 4.43 Å². The Labute approximate surface area is 83.2 Å². The Morgan fingerprint density at radius 3 is 2.23 bits per heavy atom. The van der Waals surface area contributed by atoms with Gasteiger partial charge >= 0.3 is 0 Å². The van der Waals surface area contributed by atoms with Gasteiger partial charge in [0.15, 0.2) is 0 Å². The highest BCUT2D eigenvalue weighted by molar-refractivity contribution is 6.73. The zero-order valence-corrected chi connectivity index (χ0v) is 10.2. The summed E-state index contributed by atoms with van der Waals surface area (Å²) < 4.78 is 5.91. The van der Waals surface area contributed by atoms with E-state index in [-0.39, 0.29) is 0 Å². The van der Waals surface area contributed by atoms with Crippen molar-refractivity contribution in [2.75, 3.05) is 25.9 Å². The molecule has 80 valence electrons. The van der Waals surface area contributed by atoms with Gasteiger partial charge in [0.05, 0.1) is 0 Å². The van der Waals surface area contributed by atoms with E-state index in [1.165, 1.54) is 12.1 Å². The van der Waals surface area contributed by atoms with Crippen molar-refractivity contribution in [1.29, 1.82) is 0 Å². The summed E-state index contributed by atoms with van der Waals surface area (Å²) in [7, 11) is -1.45. The summed E-state index contributed by atoms with van der Waals surface area (Å²) >= 11 is 0. The van der Waals surface area contributed by atoms with Gasteiger partial charge < -0.3 is 15.5 Å². The highest BCUT2D eigenvalue weighted by Gasteiger charge is 2.29. The zero-order chi connectivity index (χ0) is 10.2. The largest absolute Gasteiger partial charge is 0.416 e. The van der Waals surface area contributed by atoms with E-state index in [9.17, 15) is 0 Å². The fourth-order valence-corrected chi connectivity index (χ4v) is 4.23. The van der Waals surface area contributed by atoms with Gasteiger partial charge in [-0.25, -0.2) is 0 Å². The van der Waals surface area contributed by atoms with Crippen molar-refractivity contribution in [2.45, 2.75) is 32.9 Å². The van der Waals surface area contributed by atoms with Gasteiger partial charge in [-0.1, -0.05) is 13.8 Å². The summed E-state index contributed by atoms with van der Waals surface area (Å²) in [4.78, 5) is 0. The molecule has 0 atom stereocenters. The highest BCUT2D eigenvalue weighted by atomic mass is 28.4. The number of nitrogens with one attached hydrogen (secondary N) is 1. The molecule has 3 N–H and O–H groups in total. The lowest BCUT2D eigenvalue weighted by molar-refractivity contribution is 0.317. The molecule has 0 unspecified atom stereocenters. The molecule has 0 aromatic rings. The molecule has 0 saturated carbocycles. The van der Waals surface area contributed by atoms with Crippen LogP contribution in [0.5, 0.6) is 0 Å². The Hall–Kier alpha value is 0.0969. The minimum Gasteiger partial charge on any atom is -0.416 e. The van der Waals surface area contributed by atoms with Gasteiger partial charge in [0, 0.05) is 25.9 Å². The molecule has 0 aliphatic rings. The highest BCUT2D eigenvalue weighted by Crippen LogP contribution is 2.15. The summed E-state index contributed by atoms with van der Waals surface area (Å²) in [5.41, 5.74) is 5.43. The summed E-state index contributed by atoms with van der Waals surface area (Å²) in [6.07, 6.45) is 1.05. The standard InChI is InChI=1S/C9H24N2OSi/c1-4-12-13(5-2,6-3)9-11-8-7-10/h11H,4-10H2,1-3H3. The van der Waals surface area contributed by atoms with Crippen LogP contribution in [-0.2, 0) is 4.43 Å². The molecule has 0 spiro atoms. The van der Waals surface area contributed by atoms with Crippen LogP contribution >= 0.6 is 0 Å². The number of hydrogen-bond donors (Lipinski definition) is 2. The van der Waals surface area contributed by atoms with Crippen LogP contribution < -0.4 is 11.1 Å². The van der Waals surface area contributed by atoms with Crippen LogP contribution in [0.2, 0.25) is 12.1 Å². The summed E-state index contributed by atoms with van der Waals surface area (Å²) in [6, 6.07) is 2.38. The Morgan fingerprint density at radius 2 is 1.85 bits per heavy atom. The van der Waals surface area contributed by atoms with Gasteiger partial charge in [0.1, 0.15) is 0 Å². The third kappa shape index (κ3) is 4.76. The maximum atomic E-state index is 5.91. The lowest BCUT2D eigenvalue weighted by Gasteiger charge is -2.28. The predicted octanol–water partition coefficient (Wildman–Crippen LogP) is 1.10. The molecule has 0 aromatic heterocycles. The molecule has 0 aliphatic heterocycles. The number of nitrogens with two attached hydrogens (primary N) is 1. The molecule has 0 radical (unpaired) electrons. The van der Waals surface area contributed by atoms with E-state index in [0.717, 1.165) is 19.3 Å². The van der Waals surface area contributed by atoms with Crippen molar-refractivity contribution in [2.24, 2.45) is 5.73 Å². The van der Waals surface area contributed by atoms with Crippen LogP contribution in [0.3, 0.4) is 0 Å². The molecule has 0 amide bonds. The molecular weight excluding hydrogens is 180 g/mol. The average molecular weight is 204 g/mol. The van der Waals surface area contributed by atoms with Crippen LogP contribution in [0.25, 0.3) is 0 Å². The lowest BCUT2D eigenvalue weighted by atomic mass is 10.7. The average Bonchev–Trinajstić information content (AvgIpc) is 2.17. The molecule has 0 saturated heterocycles.